The number of sulfonamides is 1. The van der Waals surface area contributed by atoms with Crippen molar-refractivity contribution in [2.24, 2.45) is 5.14 Å². The molecular formula is C13H20N2O5S3. The van der Waals surface area contributed by atoms with Crippen LogP contribution in [0.1, 0.15) is 37.4 Å². The van der Waals surface area contributed by atoms with Crippen molar-refractivity contribution in [3.8, 4) is 0 Å². The molecule has 3 N–H and O–H groups in total. The second-order valence-corrected chi connectivity index (χ2v) is 9.86. The topological polar surface area (TPSA) is 116 Å². The van der Waals surface area contributed by atoms with E-state index in [2.05, 4.69) is 5.32 Å². The molecule has 0 radical (unpaired) electrons. The molecule has 1 aromatic rings. The van der Waals surface area contributed by atoms with Crippen molar-refractivity contribution in [1.82, 2.24) is 5.32 Å². The molecule has 130 valence electrons. The molecule has 0 aliphatic carbocycles. The molecule has 1 atom stereocenters. The van der Waals surface area contributed by atoms with Crippen LogP contribution in [0, 0.1) is 0 Å². The van der Waals surface area contributed by atoms with Crippen LogP contribution in [0.25, 0.3) is 0 Å². The maximum Gasteiger partial charge on any atom is 0.247 e. The highest BCUT2D eigenvalue weighted by Crippen LogP contribution is 2.42. The van der Waals surface area contributed by atoms with Crippen molar-refractivity contribution in [3.05, 3.63) is 22.6 Å². The van der Waals surface area contributed by atoms with Crippen LogP contribution in [-0.4, -0.2) is 30.0 Å². The van der Waals surface area contributed by atoms with Gasteiger partial charge in [0.2, 0.25) is 19.9 Å². The Balaban J connectivity index is 2.67. The van der Waals surface area contributed by atoms with E-state index in [1.807, 2.05) is 6.92 Å². The maximum absolute atomic E-state index is 12.3. The largest absolute Gasteiger partial charge is 0.377 e. The molecule has 1 aliphatic heterocycles. The van der Waals surface area contributed by atoms with E-state index in [1.54, 1.807) is 6.92 Å². The minimum absolute atomic E-state index is 0.00175. The van der Waals surface area contributed by atoms with E-state index in [-0.39, 0.29) is 21.1 Å². The summed E-state index contributed by atoms with van der Waals surface area (Å²) in [7, 11) is -7.70. The molecule has 0 amide bonds. The number of hydrogen-bond acceptors (Lipinski definition) is 7. The van der Waals surface area contributed by atoms with Gasteiger partial charge in [0.25, 0.3) is 0 Å². The molecule has 1 aliphatic rings. The molecule has 0 saturated carbocycles. The highest BCUT2D eigenvalue weighted by Gasteiger charge is 2.35. The van der Waals surface area contributed by atoms with E-state index >= 15 is 0 Å². The summed E-state index contributed by atoms with van der Waals surface area (Å²) in [5, 5.41) is 9.59. The van der Waals surface area contributed by atoms with Gasteiger partial charge in [0.05, 0.1) is 12.6 Å². The Morgan fingerprint density at radius 3 is 2.65 bits per heavy atom. The molecule has 23 heavy (non-hydrogen) atoms. The molecule has 2 heterocycles. The minimum atomic E-state index is -4.03. The highest BCUT2D eigenvalue weighted by molar-refractivity contribution is 7.97. The van der Waals surface area contributed by atoms with Gasteiger partial charge in [-0.25, -0.2) is 22.0 Å². The second kappa shape index (κ2) is 6.99. The van der Waals surface area contributed by atoms with Crippen molar-refractivity contribution >= 4 is 31.2 Å². The number of hydrogen-bond donors (Lipinski definition) is 2. The number of fused-ring (bicyclic) bond motifs is 1. The smallest absolute Gasteiger partial charge is 0.247 e. The average Bonchev–Trinajstić information content (AvgIpc) is 2.85. The van der Waals surface area contributed by atoms with Gasteiger partial charge in [0.15, 0.2) is 0 Å². The molecule has 1 aromatic heterocycles. The van der Waals surface area contributed by atoms with Gasteiger partial charge in [0.1, 0.15) is 8.42 Å². The Labute approximate surface area is 140 Å². The van der Waals surface area contributed by atoms with Crippen LogP contribution in [0.3, 0.4) is 0 Å². The van der Waals surface area contributed by atoms with Crippen LogP contribution in [0.2, 0.25) is 0 Å². The van der Waals surface area contributed by atoms with E-state index in [9.17, 15) is 16.8 Å². The summed E-state index contributed by atoms with van der Waals surface area (Å²) in [5.41, 5.74) is 0.763. The van der Waals surface area contributed by atoms with Gasteiger partial charge in [-0.2, -0.15) is 0 Å². The number of ether oxygens (including phenoxy) is 1. The summed E-state index contributed by atoms with van der Waals surface area (Å²) in [5.74, 6) is 0. The zero-order chi connectivity index (χ0) is 17.3. The van der Waals surface area contributed by atoms with Crippen LogP contribution >= 0.6 is 11.3 Å². The third-order valence-electron chi connectivity index (χ3n) is 3.32. The molecule has 0 spiro atoms. The van der Waals surface area contributed by atoms with Crippen LogP contribution < -0.4 is 10.5 Å². The first kappa shape index (κ1) is 18.6. The van der Waals surface area contributed by atoms with Crippen LogP contribution in [0.15, 0.2) is 19.9 Å². The Hall–Kier alpha value is -0.780. The van der Waals surface area contributed by atoms with Gasteiger partial charge in [0, 0.05) is 23.1 Å². The van der Waals surface area contributed by atoms with Crippen molar-refractivity contribution in [1.29, 1.82) is 0 Å². The van der Waals surface area contributed by atoms with Gasteiger partial charge in [-0.3, -0.25) is 0 Å². The Morgan fingerprint density at radius 1 is 1.39 bits per heavy atom. The predicted octanol–water partition coefficient (Wildman–Crippen LogP) is 1.27. The van der Waals surface area contributed by atoms with Gasteiger partial charge in [-0.1, -0.05) is 13.0 Å². The first-order valence-corrected chi connectivity index (χ1v) is 11.1. The molecule has 10 heteroatoms. The number of sulfone groups is 1. The van der Waals surface area contributed by atoms with Gasteiger partial charge >= 0.3 is 0 Å². The van der Waals surface area contributed by atoms with E-state index in [4.69, 9.17) is 9.88 Å². The van der Waals surface area contributed by atoms with Crippen molar-refractivity contribution in [3.63, 3.8) is 0 Å². The summed E-state index contributed by atoms with van der Waals surface area (Å²) < 4.78 is 53.5. The Morgan fingerprint density at radius 2 is 2.09 bits per heavy atom. The number of thiophene rings is 1. The Bertz CT molecular complexity index is 809. The lowest BCUT2D eigenvalue weighted by Crippen LogP contribution is -2.25. The fourth-order valence-corrected chi connectivity index (χ4v) is 6.47. The fourth-order valence-electron chi connectivity index (χ4n) is 2.34. The molecule has 1 unspecified atom stereocenters. The van der Waals surface area contributed by atoms with Gasteiger partial charge in [-0.15, -0.1) is 11.3 Å². The molecule has 7 nitrogen and oxygen atoms in total. The van der Waals surface area contributed by atoms with E-state index in [1.165, 1.54) is 6.08 Å². The molecule has 0 fully saturated rings. The zero-order valence-electron chi connectivity index (χ0n) is 12.9. The maximum atomic E-state index is 12.3. The molecule has 2 rings (SSSR count). The quantitative estimate of drug-likeness (QED) is 0.736. The standard InChI is InChI=1S/C13H20N2O5S3/c1-3-6-15-10-5-7-22(16,17)13-11(10)9(8-20-4-2)12(21-13)23(14,18)19/h5,7,10,15H,3-4,6,8H2,1-2H3,(H2,14,18,19). The number of rotatable bonds is 7. The normalized spacial score (nSPS) is 19.7. The first-order valence-electron chi connectivity index (χ1n) is 7.15. The SMILES string of the molecule is CCCNC1C=CS(=O)(=O)c2sc(S(N)(=O)=O)c(COCC)c21. The monoisotopic (exact) mass is 380 g/mol. The van der Waals surface area contributed by atoms with Crippen molar-refractivity contribution in [2.75, 3.05) is 13.2 Å². The van der Waals surface area contributed by atoms with Crippen LogP contribution in [0.4, 0.5) is 0 Å². The molecule has 0 bridgehead atoms. The van der Waals surface area contributed by atoms with E-state index < -0.39 is 19.9 Å². The van der Waals surface area contributed by atoms with Crippen LogP contribution in [0.5, 0.6) is 0 Å². The number of primary sulfonamides is 1. The third-order valence-corrected chi connectivity index (χ3v) is 8.07. The fraction of sp³-hybridized carbons (Fsp3) is 0.538. The summed E-state index contributed by atoms with van der Waals surface area (Å²) in [4.78, 5) is 0. The predicted molar refractivity (Wildman–Crippen MR) is 88.4 cm³/mol. The van der Waals surface area contributed by atoms with Gasteiger partial charge in [-0.05, 0) is 19.9 Å². The summed E-state index contributed by atoms with van der Waals surface area (Å²) >= 11 is 0.691. The summed E-state index contributed by atoms with van der Waals surface area (Å²) in [6.07, 6.45) is 2.39. The molecule has 0 aromatic carbocycles. The minimum Gasteiger partial charge on any atom is -0.377 e. The van der Waals surface area contributed by atoms with Gasteiger partial charge < -0.3 is 10.1 Å². The third kappa shape index (κ3) is 3.83. The summed E-state index contributed by atoms with van der Waals surface area (Å²) in [6.45, 7) is 4.82. The highest BCUT2D eigenvalue weighted by atomic mass is 32.3. The summed E-state index contributed by atoms with van der Waals surface area (Å²) in [6, 6.07) is -0.379. The lowest BCUT2D eigenvalue weighted by Gasteiger charge is -2.21. The van der Waals surface area contributed by atoms with Crippen molar-refractivity contribution in [2.45, 2.75) is 41.3 Å². The zero-order valence-corrected chi connectivity index (χ0v) is 15.4. The van der Waals surface area contributed by atoms with E-state index in [0.29, 0.717) is 35.6 Å². The number of nitrogens with two attached hydrogens (primary N) is 1. The molecular weight excluding hydrogens is 360 g/mol. The van der Waals surface area contributed by atoms with Crippen LogP contribution in [-0.2, 0) is 31.2 Å². The number of nitrogens with one attached hydrogen (secondary N) is 1. The Kier molecular flexibility index (Phi) is 5.64. The average molecular weight is 381 g/mol. The first-order chi connectivity index (χ1) is 10.7. The van der Waals surface area contributed by atoms with Crippen molar-refractivity contribution < 1.29 is 21.6 Å². The lowest BCUT2D eigenvalue weighted by molar-refractivity contribution is 0.132. The second-order valence-electron chi connectivity index (χ2n) is 5.06. The lowest BCUT2D eigenvalue weighted by atomic mass is 10.1. The van der Waals surface area contributed by atoms with E-state index in [0.717, 1.165) is 11.8 Å². The molecule has 0 saturated heterocycles.